The minimum atomic E-state index is 0.599. The first-order valence-electron chi connectivity index (χ1n) is 4.94. The van der Waals surface area contributed by atoms with Crippen molar-refractivity contribution in [3.05, 3.63) is 31.1 Å². The van der Waals surface area contributed by atoms with Crippen molar-refractivity contribution in [1.82, 2.24) is 0 Å². The molecule has 4 rings (SSSR count). The summed E-state index contributed by atoms with van der Waals surface area (Å²) in [6.07, 6.45) is 9.65. The molecule has 4 fully saturated rings. The van der Waals surface area contributed by atoms with Crippen molar-refractivity contribution in [3.8, 4) is 0 Å². The average Bonchev–Trinajstić information content (AvgIpc) is 2.49. The molecule has 0 nitrogen and oxygen atoms in total. The molecule has 4 aliphatic rings. The molecule has 0 spiro atoms. The summed E-state index contributed by atoms with van der Waals surface area (Å²) in [6, 6.07) is 0. The van der Waals surface area contributed by atoms with Gasteiger partial charge in [0.05, 0.1) is 0 Å². The number of rotatable bonds is 0. The molecule has 63 valence electrons. The molecule has 0 aliphatic heterocycles. The minimum Gasteiger partial charge on any atom is -0.0594 e. The van der Waals surface area contributed by atoms with Crippen molar-refractivity contribution in [2.24, 2.45) is 17.3 Å². The van der Waals surface area contributed by atoms with E-state index < -0.39 is 0 Å². The Hall–Kier alpha value is 0. The van der Waals surface area contributed by atoms with E-state index in [1.165, 1.54) is 12.8 Å². The van der Waals surface area contributed by atoms with Crippen LogP contribution < -0.4 is 0 Å². The molecule has 0 aromatic rings. The Kier molecular flexibility index (Phi) is 1.28. The summed E-state index contributed by atoms with van der Waals surface area (Å²) in [5.41, 5.74) is 0.599. The molecule has 2 unspecified atom stereocenters. The summed E-state index contributed by atoms with van der Waals surface area (Å²) < 4.78 is 0. The lowest BCUT2D eigenvalue weighted by molar-refractivity contribution is -0.0317. The molecule has 0 aromatic carbocycles. The second kappa shape index (κ2) is 2.08. The average molecular weight is 159 g/mol. The van der Waals surface area contributed by atoms with Gasteiger partial charge < -0.3 is 0 Å². The second-order valence-electron chi connectivity index (χ2n) is 5.02. The van der Waals surface area contributed by atoms with Crippen molar-refractivity contribution in [3.63, 3.8) is 0 Å². The zero-order valence-corrected chi connectivity index (χ0v) is 7.80. The van der Waals surface area contributed by atoms with Crippen LogP contribution in [0.25, 0.3) is 0 Å². The maximum Gasteiger partial charge on any atom is -0.00969 e. The molecule has 0 N–H and O–H groups in total. The van der Waals surface area contributed by atoms with Gasteiger partial charge in [-0.25, -0.2) is 0 Å². The van der Waals surface area contributed by atoms with E-state index in [2.05, 4.69) is 33.1 Å². The molecule has 0 amide bonds. The van der Waals surface area contributed by atoms with Gasteiger partial charge in [0.2, 0.25) is 0 Å². The van der Waals surface area contributed by atoms with Gasteiger partial charge in [0.1, 0.15) is 0 Å². The van der Waals surface area contributed by atoms with Crippen LogP contribution in [-0.4, -0.2) is 0 Å². The van der Waals surface area contributed by atoms with E-state index in [0.29, 0.717) is 5.41 Å². The Morgan fingerprint density at radius 3 is 2.92 bits per heavy atom. The molecule has 2 atom stereocenters. The van der Waals surface area contributed by atoms with E-state index in [1.807, 2.05) is 0 Å². The van der Waals surface area contributed by atoms with E-state index in [0.717, 1.165) is 11.8 Å². The van der Waals surface area contributed by atoms with Crippen LogP contribution in [0.4, 0.5) is 0 Å². The first-order chi connectivity index (χ1) is 5.69. The summed E-state index contributed by atoms with van der Waals surface area (Å²) in [4.78, 5) is 0. The highest BCUT2D eigenvalue weighted by atomic mass is 14.6. The highest BCUT2D eigenvalue weighted by Gasteiger charge is 2.58. The Morgan fingerprint density at radius 1 is 1.33 bits per heavy atom. The van der Waals surface area contributed by atoms with Gasteiger partial charge in [0.15, 0.2) is 0 Å². The third kappa shape index (κ3) is 0.701. The summed E-state index contributed by atoms with van der Waals surface area (Å²) >= 11 is 0. The smallest absolute Gasteiger partial charge is 0.00969 e. The predicted octanol–water partition coefficient (Wildman–Crippen LogP) is 2.83. The van der Waals surface area contributed by atoms with E-state index in [1.54, 1.807) is 11.8 Å². The normalized spacial score (nSPS) is 45.5. The van der Waals surface area contributed by atoms with Crippen LogP contribution in [-0.2, 0) is 0 Å². The minimum absolute atomic E-state index is 0.599. The summed E-state index contributed by atoms with van der Waals surface area (Å²) in [5.74, 6) is 5.14. The van der Waals surface area contributed by atoms with Crippen molar-refractivity contribution >= 4 is 0 Å². The number of hydrogen-bond acceptors (Lipinski definition) is 0. The van der Waals surface area contributed by atoms with Gasteiger partial charge in [-0.05, 0) is 61.2 Å². The van der Waals surface area contributed by atoms with E-state index in [4.69, 9.17) is 0 Å². The molecule has 2 bridgehead atoms. The van der Waals surface area contributed by atoms with Crippen molar-refractivity contribution in [2.45, 2.75) is 26.7 Å². The lowest BCUT2D eigenvalue weighted by Crippen LogP contribution is -2.53. The molecular formula is C12H15. The molecule has 0 saturated heterocycles. The Morgan fingerprint density at radius 2 is 2.17 bits per heavy atom. The van der Waals surface area contributed by atoms with Gasteiger partial charge in [0, 0.05) is 0 Å². The molecule has 0 aromatic heterocycles. The van der Waals surface area contributed by atoms with Gasteiger partial charge >= 0.3 is 0 Å². The van der Waals surface area contributed by atoms with E-state index in [9.17, 15) is 0 Å². The first-order valence-corrected chi connectivity index (χ1v) is 4.94. The zero-order valence-electron chi connectivity index (χ0n) is 7.80. The summed E-state index contributed by atoms with van der Waals surface area (Å²) in [5, 5.41) is 0. The summed E-state index contributed by atoms with van der Waals surface area (Å²) in [6.45, 7) is 4.86. The molecular weight excluding hydrogens is 144 g/mol. The molecule has 12 heavy (non-hydrogen) atoms. The quantitative estimate of drug-likeness (QED) is 0.510. The fourth-order valence-electron chi connectivity index (χ4n) is 3.15. The second-order valence-corrected chi connectivity index (χ2v) is 5.02. The molecule has 4 aliphatic carbocycles. The Balaban J connectivity index is 1.88. The maximum atomic E-state index is 2.43. The fourth-order valence-corrected chi connectivity index (χ4v) is 3.15. The topological polar surface area (TPSA) is 0 Å². The summed E-state index contributed by atoms with van der Waals surface area (Å²) in [7, 11) is 0. The monoisotopic (exact) mass is 159 g/mol. The third-order valence-electron chi connectivity index (χ3n) is 4.26. The van der Waals surface area contributed by atoms with Crippen molar-refractivity contribution in [2.75, 3.05) is 0 Å². The highest BCUT2D eigenvalue weighted by Crippen LogP contribution is 2.67. The van der Waals surface area contributed by atoms with Crippen LogP contribution in [0.3, 0.4) is 0 Å². The van der Waals surface area contributed by atoms with Crippen molar-refractivity contribution in [1.29, 1.82) is 0 Å². The zero-order chi connectivity index (χ0) is 8.34. The van der Waals surface area contributed by atoms with E-state index >= 15 is 0 Å². The molecule has 4 saturated carbocycles. The lowest BCUT2D eigenvalue weighted by Gasteiger charge is -2.61. The Bertz CT molecular complexity index is 204. The van der Waals surface area contributed by atoms with Crippen LogP contribution in [0.2, 0.25) is 0 Å². The van der Waals surface area contributed by atoms with Crippen LogP contribution in [0.5, 0.6) is 0 Å². The van der Waals surface area contributed by atoms with Gasteiger partial charge in [-0.1, -0.05) is 13.8 Å². The molecule has 0 heterocycles. The standard InChI is InChI=1S/C12H15/c1-12(2)9-6-8-4-3-5-10(8)11(12)7-9/h3-5,9,11H,6-7H2,1-2H3. The van der Waals surface area contributed by atoms with Gasteiger partial charge in [-0.3, -0.25) is 0 Å². The SMILES string of the molecule is CC1(C)C2C[C]3[CH][CH][CH][C]3C1C2. The predicted molar refractivity (Wildman–Crippen MR) is 49.4 cm³/mol. The lowest BCUT2D eigenvalue weighted by atomic mass is 9.44. The third-order valence-corrected chi connectivity index (χ3v) is 4.26. The first kappa shape index (κ1) is 7.41. The molecule has 0 heteroatoms. The van der Waals surface area contributed by atoms with Crippen LogP contribution in [0, 0.1) is 48.3 Å². The number of hydrogen-bond donors (Lipinski definition) is 0. The van der Waals surface area contributed by atoms with Gasteiger partial charge in [-0.15, -0.1) is 0 Å². The van der Waals surface area contributed by atoms with Gasteiger partial charge in [0.25, 0.3) is 0 Å². The molecule has 5 radical (unpaired) electrons. The van der Waals surface area contributed by atoms with Crippen LogP contribution >= 0.6 is 0 Å². The van der Waals surface area contributed by atoms with Crippen LogP contribution in [0.15, 0.2) is 0 Å². The van der Waals surface area contributed by atoms with E-state index in [-0.39, 0.29) is 0 Å². The van der Waals surface area contributed by atoms with Gasteiger partial charge in [-0.2, -0.15) is 0 Å². The highest BCUT2D eigenvalue weighted by molar-refractivity contribution is 5.50. The van der Waals surface area contributed by atoms with Crippen LogP contribution in [0.1, 0.15) is 26.7 Å². The Labute approximate surface area is 75.7 Å². The fraction of sp³-hybridized carbons (Fsp3) is 0.583. The van der Waals surface area contributed by atoms with Crippen molar-refractivity contribution < 1.29 is 0 Å². The maximum absolute atomic E-state index is 2.43. The largest absolute Gasteiger partial charge is 0.0594 e.